The predicted octanol–water partition coefficient (Wildman–Crippen LogP) is 9.22. The molecule has 0 atom stereocenters. The Morgan fingerprint density at radius 2 is 0.607 bits per heavy atom. The summed E-state index contributed by atoms with van der Waals surface area (Å²) < 4.78 is 0. The van der Waals surface area contributed by atoms with Gasteiger partial charge in [0.2, 0.25) is 0 Å². The molecule has 0 aliphatic rings. The summed E-state index contributed by atoms with van der Waals surface area (Å²) in [5.41, 5.74) is 0. The van der Waals surface area contributed by atoms with Crippen molar-refractivity contribution in [1.82, 2.24) is 0 Å². The molecule has 28 heavy (non-hydrogen) atoms. The molecule has 0 rings (SSSR count). The molecule has 0 radical (unpaired) electrons. The fourth-order valence-electron chi connectivity index (χ4n) is 3.32. The van der Waals surface area contributed by atoms with E-state index >= 15 is 0 Å². The minimum Gasteiger partial charge on any atom is -0.198 e. The smallest absolute Gasteiger partial charge is 0.0621 e. The highest BCUT2D eigenvalue weighted by Crippen LogP contribution is 2.25. The van der Waals surface area contributed by atoms with Crippen molar-refractivity contribution in [3.8, 4) is 12.1 Å². The lowest BCUT2D eigenvalue weighted by Crippen LogP contribution is -1.84. The molecule has 0 aromatic rings. The van der Waals surface area contributed by atoms with Crippen LogP contribution in [0.5, 0.6) is 0 Å². The molecule has 0 N–H and O–H groups in total. The van der Waals surface area contributed by atoms with Crippen LogP contribution in [0.2, 0.25) is 0 Å². The Morgan fingerprint density at radius 3 is 0.893 bits per heavy atom. The van der Waals surface area contributed by atoms with Crippen LogP contribution in [-0.4, -0.2) is 11.5 Å². The van der Waals surface area contributed by atoms with Gasteiger partial charge in [0.25, 0.3) is 0 Å². The van der Waals surface area contributed by atoms with E-state index in [0.29, 0.717) is 0 Å². The second kappa shape index (κ2) is 26.7. The standard InChI is InChI=1S/C24H44N2S2/c25-21-17-13-9-5-1-3-7-11-15-19-23-27-28-24-20-16-12-8-4-2-6-10-14-18-22-26/h1-20,23-24H2. The van der Waals surface area contributed by atoms with Crippen LogP contribution < -0.4 is 0 Å². The molecule has 0 spiro atoms. The molecule has 0 saturated carbocycles. The van der Waals surface area contributed by atoms with Crippen molar-refractivity contribution in [2.75, 3.05) is 11.5 Å². The van der Waals surface area contributed by atoms with E-state index in [2.05, 4.69) is 33.7 Å². The van der Waals surface area contributed by atoms with E-state index in [4.69, 9.17) is 10.5 Å². The van der Waals surface area contributed by atoms with E-state index in [1.54, 1.807) is 0 Å². The quantitative estimate of drug-likeness (QED) is 0.121. The molecule has 2 nitrogen and oxygen atoms in total. The second-order valence-corrected chi connectivity index (χ2v) is 10.5. The highest BCUT2D eigenvalue weighted by atomic mass is 33.1. The van der Waals surface area contributed by atoms with Crippen LogP contribution in [0.4, 0.5) is 0 Å². The molecule has 0 aromatic heterocycles. The molecule has 162 valence electrons. The van der Waals surface area contributed by atoms with Crippen molar-refractivity contribution in [1.29, 1.82) is 10.5 Å². The van der Waals surface area contributed by atoms with E-state index in [1.807, 2.05) is 0 Å². The average molecular weight is 425 g/mol. The van der Waals surface area contributed by atoms with Gasteiger partial charge in [-0.3, -0.25) is 0 Å². The maximum atomic E-state index is 8.48. The number of nitriles is 2. The molecular formula is C24H44N2S2. The summed E-state index contributed by atoms with van der Waals surface area (Å²) in [6.07, 6.45) is 25.4. The van der Waals surface area contributed by atoms with Crippen LogP contribution in [0.3, 0.4) is 0 Å². The fraction of sp³-hybridized carbons (Fsp3) is 0.917. The third-order valence-corrected chi connectivity index (χ3v) is 7.69. The van der Waals surface area contributed by atoms with Gasteiger partial charge in [-0.15, -0.1) is 0 Å². The van der Waals surface area contributed by atoms with Gasteiger partial charge < -0.3 is 0 Å². The van der Waals surface area contributed by atoms with E-state index < -0.39 is 0 Å². The van der Waals surface area contributed by atoms with Gasteiger partial charge in [-0.05, 0) is 25.7 Å². The Morgan fingerprint density at radius 1 is 0.357 bits per heavy atom. The number of hydrogen-bond acceptors (Lipinski definition) is 4. The molecule has 0 aliphatic carbocycles. The summed E-state index contributed by atoms with van der Waals surface area (Å²) in [6, 6.07) is 4.44. The summed E-state index contributed by atoms with van der Waals surface area (Å²) in [5, 5.41) is 17.0. The lowest BCUT2D eigenvalue weighted by molar-refractivity contribution is 0.568. The summed E-state index contributed by atoms with van der Waals surface area (Å²) in [7, 11) is 4.16. The minimum absolute atomic E-state index is 0.737. The van der Waals surface area contributed by atoms with Crippen molar-refractivity contribution < 1.29 is 0 Å². The summed E-state index contributed by atoms with van der Waals surface area (Å²) in [4.78, 5) is 0. The van der Waals surface area contributed by atoms with E-state index in [-0.39, 0.29) is 0 Å². The SMILES string of the molecule is N#CCCCCCCCCCCCSSCCCCCCCCCCCC#N. The number of unbranched alkanes of at least 4 members (excludes halogenated alkanes) is 18. The second-order valence-electron chi connectivity index (χ2n) is 7.82. The summed E-state index contributed by atoms with van der Waals surface area (Å²) in [5.74, 6) is 2.65. The van der Waals surface area contributed by atoms with Gasteiger partial charge in [0.15, 0.2) is 0 Å². The normalized spacial score (nSPS) is 10.6. The minimum atomic E-state index is 0.737. The van der Waals surface area contributed by atoms with Crippen LogP contribution in [-0.2, 0) is 0 Å². The molecule has 0 amide bonds. The molecular weight excluding hydrogens is 380 g/mol. The number of nitrogens with zero attached hydrogens (tertiary/aromatic N) is 2. The van der Waals surface area contributed by atoms with Gasteiger partial charge in [-0.1, -0.05) is 111 Å². The summed E-state index contributed by atoms with van der Waals surface area (Å²) in [6.45, 7) is 0. The van der Waals surface area contributed by atoms with Gasteiger partial charge >= 0.3 is 0 Å². The molecule has 0 aromatic carbocycles. The van der Waals surface area contributed by atoms with Gasteiger partial charge in [0.1, 0.15) is 0 Å². The predicted molar refractivity (Wildman–Crippen MR) is 128 cm³/mol. The topological polar surface area (TPSA) is 47.6 Å². The van der Waals surface area contributed by atoms with Crippen molar-refractivity contribution in [3.63, 3.8) is 0 Å². The highest BCUT2D eigenvalue weighted by molar-refractivity contribution is 8.76. The zero-order chi connectivity index (χ0) is 20.4. The van der Waals surface area contributed by atoms with E-state index in [9.17, 15) is 0 Å². The molecule has 4 heteroatoms. The third kappa shape index (κ3) is 25.7. The highest BCUT2D eigenvalue weighted by Gasteiger charge is 1.96. The zero-order valence-electron chi connectivity index (χ0n) is 18.3. The van der Waals surface area contributed by atoms with Crippen molar-refractivity contribution in [2.24, 2.45) is 0 Å². The average Bonchev–Trinajstić information content (AvgIpc) is 2.71. The van der Waals surface area contributed by atoms with Gasteiger partial charge in [0, 0.05) is 24.3 Å². The largest absolute Gasteiger partial charge is 0.198 e. The van der Waals surface area contributed by atoms with Crippen molar-refractivity contribution >= 4 is 21.6 Å². The number of rotatable bonds is 23. The van der Waals surface area contributed by atoms with Crippen LogP contribution in [0, 0.1) is 22.7 Å². The van der Waals surface area contributed by atoms with Gasteiger partial charge in [0.05, 0.1) is 12.1 Å². The first-order valence-electron chi connectivity index (χ1n) is 11.9. The maximum Gasteiger partial charge on any atom is 0.0621 e. The van der Waals surface area contributed by atoms with Crippen LogP contribution in [0.25, 0.3) is 0 Å². The first-order chi connectivity index (χ1) is 13.9. The zero-order valence-corrected chi connectivity index (χ0v) is 19.9. The van der Waals surface area contributed by atoms with Gasteiger partial charge in [-0.25, -0.2) is 0 Å². The Kier molecular flexibility index (Phi) is 26.4. The Balaban J connectivity index is 2.98. The molecule has 0 heterocycles. The molecule has 0 bridgehead atoms. The van der Waals surface area contributed by atoms with Crippen molar-refractivity contribution in [2.45, 2.75) is 128 Å². The van der Waals surface area contributed by atoms with Crippen LogP contribution >= 0.6 is 21.6 Å². The van der Waals surface area contributed by atoms with Crippen molar-refractivity contribution in [3.05, 3.63) is 0 Å². The molecule has 0 fully saturated rings. The number of hydrogen-bond donors (Lipinski definition) is 0. The first kappa shape index (κ1) is 27.7. The monoisotopic (exact) mass is 424 g/mol. The molecule has 0 aliphatic heterocycles. The van der Waals surface area contributed by atoms with E-state index in [0.717, 1.165) is 25.7 Å². The van der Waals surface area contributed by atoms with Gasteiger partial charge in [-0.2, -0.15) is 10.5 Å². The van der Waals surface area contributed by atoms with E-state index in [1.165, 1.54) is 114 Å². The molecule has 0 saturated heterocycles. The fourth-order valence-corrected chi connectivity index (χ4v) is 5.62. The Hall–Kier alpha value is -0.320. The Bertz CT molecular complexity index is 338. The first-order valence-corrected chi connectivity index (χ1v) is 14.4. The van der Waals surface area contributed by atoms with Crippen LogP contribution in [0.15, 0.2) is 0 Å². The third-order valence-electron chi connectivity index (χ3n) is 5.12. The lowest BCUT2D eigenvalue weighted by atomic mass is 10.1. The van der Waals surface area contributed by atoms with Crippen LogP contribution in [0.1, 0.15) is 128 Å². The Labute approximate surface area is 184 Å². The summed E-state index contributed by atoms with van der Waals surface area (Å²) >= 11 is 0. The lowest BCUT2D eigenvalue weighted by Gasteiger charge is -2.03. The maximum absolute atomic E-state index is 8.48. The molecule has 0 unspecified atom stereocenters.